The monoisotopic (exact) mass is 583 g/mol. The molecule has 0 bridgehead atoms. The van der Waals surface area contributed by atoms with Crippen molar-refractivity contribution < 1.29 is 48.0 Å². The molecule has 0 spiro atoms. The van der Waals surface area contributed by atoms with E-state index in [0.29, 0.717) is 11.3 Å². The molecular formula is C22H34NO11PS2. The van der Waals surface area contributed by atoms with Crippen molar-refractivity contribution in [2.45, 2.75) is 69.3 Å². The molecule has 0 aliphatic heterocycles. The van der Waals surface area contributed by atoms with E-state index >= 15 is 0 Å². The third kappa shape index (κ3) is 14.7. The number of rotatable bonds is 21. The second-order valence-electron chi connectivity index (χ2n) is 7.91. The van der Waals surface area contributed by atoms with Crippen LogP contribution >= 0.6 is 29.4 Å². The molecule has 0 aliphatic rings. The maximum Gasteiger partial charge on any atom is 0.472 e. The van der Waals surface area contributed by atoms with Crippen molar-refractivity contribution in [2.24, 2.45) is 0 Å². The second-order valence-corrected chi connectivity index (χ2v) is 11.8. The number of carbonyl (C=O) groups is 2. The number of aliphatic hydroxyl groups is 1. The first-order valence-electron chi connectivity index (χ1n) is 11.8. The molecule has 0 saturated carbocycles. The number of carbonyl (C=O) groups excluding carboxylic acids is 1. The zero-order valence-electron chi connectivity index (χ0n) is 20.6. The molecule has 0 fully saturated rings. The molecule has 2 unspecified atom stereocenters. The molecule has 0 aromatic heterocycles. The molecule has 0 heterocycles. The van der Waals surface area contributed by atoms with Gasteiger partial charge >= 0.3 is 19.8 Å². The van der Waals surface area contributed by atoms with Crippen LogP contribution in [0.15, 0.2) is 23.1 Å². The molecule has 210 valence electrons. The SMILES string of the molecule is CCCCCCCCCC(=O)OC(COP(=O)(O)OCCO)CSSc1ccc([N+](=O)[O-])c(C(=O)O)c1. The zero-order valence-corrected chi connectivity index (χ0v) is 23.1. The number of nitro benzene ring substituents is 1. The van der Waals surface area contributed by atoms with E-state index in [0.717, 1.165) is 59.8 Å². The molecule has 12 nitrogen and oxygen atoms in total. The van der Waals surface area contributed by atoms with Crippen LogP contribution in [0.4, 0.5) is 5.69 Å². The third-order valence-corrected chi connectivity index (χ3v) is 8.25. The van der Waals surface area contributed by atoms with Gasteiger partial charge in [0, 0.05) is 23.1 Å². The minimum atomic E-state index is -4.47. The number of aliphatic hydroxyl groups excluding tert-OH is 1. The van der Waals surface area contributed by atoms with Crippen LogP contribution in [0.5, 0.6) is 0 Å². The number of phosphoric ester groups is 1. The van der Waals surface area contributed by atoms with Gasteiger partial charge < -0.3 is 19.8 Å². The first kappa shape index (κ1) is 33.4. The maximum atomic E-state index is 12.3. The van der Waals surface area contributed by atoms with Gasteiger partial charge in [0.2, 0.25) is 0 Å². The van der Waals surface area contributed by atoms with E-state index in [1.807, 2.05) is 0 Å². The molecule has 0 amide bonds. The smallest absolute Gasteiger partial charge is 0.472 e. The molecular weight excluding hydrogens is 549 g/mol. The summed E-state index contributed by atoms with van der Waals surface area (Å²) >= 11 is 0. The van der Waals surface area contributed by atoms with Crippen molar-refractivity contribution in [2.75, 3.05) is 25.6 Å². The number of hydrogen-bond acceptors (Lipinski definition) is 11. The number of benzene rings is 1. The van der Waals surface area contributed by atoms with E-state index in [4.69, 9.17) is 14.4 Å². The van der Waals surface area contributed by atoms with E-state index in [9.17, 15) is 34.3 Å². The summed E-state index contributed by atoms with van der Waals surface area (Å²) in [7, 11) is -2.23. The fourth-order valence-corrected chi connectivity index (χ4v) is 5.96. The quantitative estimate of drug-likeness (QED) is 0.0428. The van der Waals surface area contributed by atoms with Gasteiger partial charge in [-0.15, -0.1) is 0 Å². The fourth-order valence-electron chi connectivity index (χ4n) is 3.03. The molecule has 1 aromatic rings. The van der Waals surface area contributed by atoms with Gasteiger partial charge in [-0.05, 0) is 18.6 Å². The molecule has 0 saturated heterocycles. The van der Waals surface area contributed by atoms with Crippen molar-refractivity contribution >= 4 is 47.0 Å². The predicted octanol–water partition coefficient (Wildman–Crippen LogP) is 5.21. The highest BCUT2D eigenvalue weighted by Gasteiger charge is 2.25. The van der Waals surface area contributed by atoms with Gasteiger partial charge in [-0.25, -0.2) is 9.36 Å². The number of ether oxygens (including phenoxy) is 1. The molecule has 3 N–H and O–H groups in total. The topological polar surface area (TPSA) is 183 Å². The lowest BCUT2D eigenvalue weighted by Gasteiger charge is -2.19. The van der Waals surface area contributed by atoms with Gasteiger partial charge in [0.05, 0.1) is 24.7 Å². The van der Waals surface area contributed by atoms with Crippen molar-refractivity contribution in [1.29, 1.82) is 0 Å². The number of phosphoric acid groups is 1. The van der Waals surface area contributed by atoms with E-state index in [-0.39, 0.29) is 12.2 Å². The average molecular weight is 584 g/mol. The van der Waals surface area contributed by atoms with Crippen molar-refractivity contribution in [3.8, 4) is 0 Å². The molecule has 37 heavy (non-hydrogen) atoms. The Hall–Kier alpha value is -1.67. The predicted molar refractivity (Wildman–Crippen MR) is 140 cm³/mol. The number of unbranched alkanes of at least 4 members (excludes halogenated alkanes) is 6. The molecule has 0 radical (unpaired) electrons. The summed E-state index contributed by atoms with van der Waals surface area (Å²) in [6.07, 6.45) is 6.44. The standard InChI is InChI=1S/C22H34NO11PS2/c1-2-3-4-5-6-7-8-9-21(25)34-17(15-33-35(30,31)32-13-12-24)16-36-37-18-10-11-20(23(28)29)19(14-18)22(26)27/h10-11,14,17,24H,2-9,12-13,15-16H2,1H3,(H,26,27)(H,30,31). The minimum Gasteiger partial charge on any atom is -0.477 e. The van der Waals surface area contributed by atoms with E-state index in [2.05, 4.69) is 11.4 Å². The maximum absolute atomic E-state index is 12.3. The number of aromatic carboxylic acids is 1. The first-order chi connectivity index (χ1) is 17.6. The van der Waals surface area contributed by atoms with Crippen LogP contribution in [0.2, 0.25) is 0 Å². The van der Waals surface area contributed by atoms with Crippen molar-refractivity contribution in [1.82, 2.24) is 0 Å². The summed E-state index contributed by atoms with van der Waals surface area (Å²) < 4.78 is 26.8. The Balaban J connectivity index is 2.68. The summed E-state index contributed by atoms with van der Waals surface area (Å²) in [5.41, 5.74) is -0.993. The summed E-state index contributed by atoms with van der Waals surface area (Å²) in [6, 6.07) is 3.65. The van der Waals surface area contributed by atoms with E-state index in [1.54, 1.807) is 0 Å². The lowest BCUT2D eigenvalue weighted by molar-refractivity contribution is -0.385. The highest BCUT2D eigenvalue weighted by Crippen LogP contribution is 2.43. The fraction of sp³-hybridized carbons (Fsp3) is 0.636. The van der Waals surface area contributed by atoms with E-state index < -0.39 is 61.9 Å². The largest absolute Gasteiger partial charge is 0.477 e. The Morgan fingerprint density at radius 2 is 1.81 bits per heavy atom. The van der Waals surface area contributed by atoms with Gasteiger partial charge in [0.1, 0.15) is 11.7 Å². The van der Waals surface area contributed by atoms with Gasteiger partial charge in [-0.2, -0.15) is 0 Å². The summed E-state index contributed by atoms with van der Waals surface area (Å²) in [5.74, 6) is -1.82. The molecule has 2 atom stereocenters. The summed E-state index contributed by atoms with van der Waals surface area (Å²) in [4.78, 5) is 44.0. The third-order valence-electron chi connectivity index (χ3n) is 4.86. The van der Waals surface area contributed by atoms with Crippen LogP contribution in [0.25, 0.3) is 0 Å². The highest BCUT2D eigenvalue weighted by molar-refractivity contribution is 8.76. The van der Waals surface area contributed by atoms with E-state index in [1.165, 1.54) is 18.6 Å². The number of carboxylic acids is 1. The van der Waals surface area contributed by atoms with Crippen molar-refractivity contribution in [3.05, 3.63) is 33.9 Å². The molecule has 15 heteroatoms. The van der Waals surface area contributed by atoms with Crippen LogP contribution < -0.4 is 0 Å². The Morgan fingerprint density at radius 3 is 2.43 bits per heavy atom. The van der Waals surface area contributed by atoms with Gasteiger partial charge in [-0.1, -0.05) is 67.0 Å². The first-order valence-corrected chi connectivity index (χ1v) is 15.6. The molecule has 1 aromatic carbocycles. The van der Waals surface area contributed by atoms with Gasteiger partial charge in [0.15, 0.2) is 0 Å². The second kappa shape index (κ2) is 18.6. The number of nitro groups is 1. The number of nitrogens with zero attached hydrogens (tertiary/aromatic N) is 1. The lowest BCUT2D eigenvalue weighted by Crippen LogP contribution is -2.25. The number of hydrogen-bond donors (Lipinski definition) is 3. The Bertz CT molecular complexity index is 919. The van der Waals surface area contributed by atoms with Crippen LogP contribution in [-0.2, 0) is 23.1 Å². The van der Waals surface area contributed by atoms with Crippen LogP contribution in [0, 0.1) is 10.1 Å². The Labute approximate surface area is 223 Å². The summed E-state index contributed by atoms with van der Waals surface area (Å²) in [5, 5.41) is 29.0. The Morgan fingerprint density at radius 1 is 1.14 bits per heavy atom. The highest BCUT2D eigenvalue weighted by atomic mass is 33.1. The molecule has 0 aliphatic carbocycles. The van der Waals surface area contributed by atoms with Crippen molar-refractivity contribution in [3.63, 3.8) is 0 Å². The summed E-state index contributed by atoms with van der Waals surface area (Å²) in [6.45, 7) is 0.800. The van der Waals surface area contributed by atoms with Gasteiger partial charge in [-0.3, -0.25) is 24.0 Å². The minimum absolute atomic E-state index is 0.104. The number of carboxylic acid groups (broad SMARTS) is 1. The zero-order chi connectivity index (χ0) is 27.7. The number of esters is 1. The van der Waals surface area contributed by atoms with Crippen LogP contribution in [0.3, 0.4) is 0 Å². The average Bonchev–Trinajstić information content (AvgIpc) is 2.85. The van der Waals surface area contributed by atoms with Crippen LogP contribution in [-0.4, -0.2) is 63.6 Å². The lowest BCUT2D eigenvalue weighted by atomic mass is 10.1. The van der Waals surface area contributed by atoms with Crippen LogP contribution in [0.1, 0.15) is 68.6 Å². The normalized spacial score (nSPS) is 13.6. The Kier molecular flexibility index (Phi) is 16.7. The van der Waals surface area contributed by atoms with Gasteiger partial charge in [0.25, 0.3) is 5.69 Å². The molecule has 1 rings (SSSR count).